The number of non-ortho nitro benzene ring substituents is 1. The Morgan fingerprint density at radius 2 is 1.93 bits per heavy atom. The number of hydrogen-bond acceptors (Lipinski definition) is 7. The number of nitro benzene ring substituents is 1. The maximum absolute atomic E-state index is 10.9. The topological polar surface area (TPSA) is 133 Å². The largest absolute Gasteiger partial charge is 0.870 e. The van der Waals surface area contributed by atoms with Crippen LogP contribution < -0.4 is 9.29 Å². The second-order valence-electron chi connectivity index (χ2n) is 2.38. The van der Waals surface area contributed by atoms with Crippen LogP contribution in [0.1, 0.15) is 0 Å². The first-order valence-corrected chi connectivity index (χ1v) is 4.74. The van der Waals surface area contributed by atoms with Crippen molar-refractivity contribution < 1.29 is 27.2 Å². The van der Waals surface area contributed by atoms with E-state index in [0.717, 1.165) is 12.1 Å². The molecule has 0 saturated carbocycles. The average Bonchev–Trinajstić information content (AvgIpc) is 2.06. The summed E-state index contributed by atoms with van der Waals surface area (Å²) in [6, 6.07) is 2.17. The molecule has 0 N–H and O–H groups in total. The fourth-order valence-electron chi connectivity index (χ4n) is 0.785. The van der Waals surface area contributed by atoms with E-state index in [0.29, 0.717) is 6.07 Å². The first kappa shape index (κ1) is 11.2. The SMILES string of the molecule is O=[N+]([O-])c1ccc([O-])c(OS(=O)(=O)[O-])c1. The van der Waals surface area contributed by atoms with Crippen molar-refractivity contribution in [1.29, 1.82) is 0 Å². The Bertz CT molecular complexity index is 494. The van der Waals surface area contributed by atoms with Gasteiger partial charge in [-0.3, -0.25) is 10.1 Å². The molecule has 0 spiro atoms. The quantitative estimate of drug-likeness (QED) is 0.297. The van der Waals surface area contributed by atoms with Crippen molar-refractivity contribution in [2.45, 2.75) is 0 Å². The molecule has 0 aromatic heterocycles. The van der Waals surface area contributed by atoms with Gasteiger partial charge in [-0.1, -0.05) is 11.8 Å². The third-order valence-electron chi connectivity index (χ3n) is 1.33. The van der Waals surface area contributed by atoms with Crippen molar-refractivity contribution in [3.63, 3.8) is 0 Å². The summed E-state index contributed by atoms with van der Waals surface area (Å²) >= 11 is 0. The smallest absolute Gasteiger partial charge is 0.273 e. The highest BCUT2D eigenvalue weighted by Crippen LogP contribution is 2.28. The normalized spacial score (nSPS) is 11.0. The number of nitro groups is 1. The molecule has 1 aromatic carbocycles. The van der Waals surface area contributed by atoms with E-state index in [1.54, 1.807) is 0 Å². The summed E-state index contributed by atoms with van der Waals surface area (Å²) in [5.74, 6) is -1.82. The van der Waals surface area contributed by atoms with Gasteiger partial charge in [-0.2, -0.15) is 0 Å². The molecule has 0 aliphatic heterocycles. The van der Waals surface area contributed by atoms with Crippen LogP contribution in [0.5, 0.6) is 11.5 Å². The Kier molecular flexibility index (Phi) is 2.77. The lowest BCUT2D eigenvalue weighted by Gasteiger charge is -2.15. The molecule has 0 bridgehead atoms. The van der Waals surface area contributed by atoms with Gasteiger partial charge >= 0.3 is 0 Å². The molecule has 1 aromatic rings. The molecule has 0 heterocycles. The highest BCUT2D eigenvalue weighted by molar-refractivity contribution is 7.81. The van der Waals surface area contributed by atoms with E-state index < -0.39 is 32.5 Å². The molecule has 0 atom stereocenters. The van der Waals surface area contributed by atoms with Gasteiger partial charge in [-0.05, 0) is 0 Å². The van der Waals surface area contributed by atoms with Crippen LogP contribution in [0.4, 0.5) is 5.69 Å². The van der Waals surface area contributed by atoms with Crippen LogP contribution in [0.15, 0.2) is 18.2 Å². The summed E-state index contributed by atoms with van der Waals surface area (Å²) in [6.07, 6.45) is 0. The highest BCUT2D eigenvalue weighted by Gasteiger charge is 2.09. The molecular weight excluding hydrogens is 230 g/mol. The van der Waals surface area contributed by atoms with Gasteiger partial charge in [-0.25, -0.2) is 8.42 Å². The van der Waals surface area contributed by atoms with Gasteiger partial charge in [-0.15, -0.1) is 0 Å². The van der Waals surface area contributed by atoms with E-state index in [1.165, 1.54) is 0 Å². The van der Waals surface area contributed by atoms with Gasteiger partial charge in [0, 0.05) is 6.07 Å². The van der Waals surface area contributed by atoms with Crippen molar-refractivity contribution in [2.24, 2.45) is 0 Å². The minimum Gasteiger partial charge on any atom is -0.870 e. The van der Waals surface area contributed by atoms with Crippen LogP contribution in [0.25, 0.3) is 0 Å². The van der Waals surface area contributed by atoms with E-state index in [4.69, 9.17) is 0 Å². The van der Waals surface area contributed by atoms with Gasteiger partial charge in [0.2, 0.25) is 0 Å². The van der Waals surface area contributed by atoms with E-state index in [1.807, 2.05) is 0 Å². The average molecular weight is 233 g/mol. The number of rotatable bonds is 3. The zero-order valence-corrected chi connectivity index (χ0v) is 7.76. The second kappa shape index (κ2) is 3.71. The Morgan fingerprint density at radius 3 is 2.40 bits per heavy atom. The molecule has 1 rings (SSSR count). The minimum atomic E-state index is -5.11. The molecule has 0 amide bonds. The Hall–Kier alpha value is -1.87. The fraction of sp³-hybridized carbons (Fsp3) is 0. The summed E-state index contributed by atoms with van der Waals surface area (Å²) in [7, 11) is -5.11. The van der Waals surface area contributed by atoms with Gasteiger partial charge in [0.25, 0.3) is 16.1 Å². The Morgan fingerprint density at radius 1 is 1.33 bits per heavy atom. The number of hydrogen-bond donors (Lipinski definition) is 0. The van der Waals surface area contributed by atoms with Crippen molar-refractivity contribution >= 4 is 16.1 Å². The third kappa shape index (κ3) is 3.07. The summed E-state index contributed by atoms with van der Waals surface area (Å²) in [6.45, 7) is 0. The van der Waals surface area contributed by atoms with Gasteiger partial charge in [0.15, 0.2) is 0 Å². The molecule has 0 aliphatic rings. The molecular formula is C6H3NO7S-2. The van der Waals surface area contributed by atoms with E-state index in [2.05, 4.69) is 4.18 Å². The van der Waals surface area contributed by atoms with Gasteiger partial charge in [0.05, 0.1) is 11.0 Å². The van der Waals surface area contributed by atoms with Crippen LogP contribution in [-0.2, 0) is 10.4 Å². The highest BCUT2D eigenvalue weighted by atomic mass is 32.3. The van der Waals surface area contributed by atoms with Crippen LogP contribution in [0.2, 0.25) is 0 Å². The summed E-state index contributed by atoms with van der Waals surface area (Å²) in [5.41, 5.74) is -0.548. The molecule has 9 heteroatoms. The van der Waals surface area contributed by atoms with E-state index >= 15 is 0 Å². The predicted octanol–water partition coefficient (Wildman–Crippen LogP) is -0.493. The lowest BCUT2D eigenvalue weighted by atomic mass is 10.3. The Balaban J connectivity index is 3.17. The van der Waals surface area contributed by atoms with E-state index in [-0.39, 0.29) is 0 Å². The molecule has 0 saturated heterocycles. The van der Waals surface area contributed by atoms with Crippen molar-refractivity contribution in [3.8, 4) is 11.5 Å². The second-order valence-corrected chi connectivity index (χ2v) is 3.36. The summed E-state index contributed by atoms with van der Waals surface area (Å²) < 4.78 is 34.2. The molecule has 0 fully saturated rings. The third-order valence-corrected chi connectivity index (χ3v) is 1.71. The molecule has 0 radical (unpaired) electrons. The summed E-state index contributed by atoms with van der Waals surface area (Å²) in [5, 5.41) is 21.2. The monoisotopic (exact) mass is 233 g/mol. The molecule has 0 unspecified atom stereocenters. The van der Waals surface area contributed by atoms with Gasteiger partial charge in [0.1, 0.15) is 5.75 Å². The molecule has 0 aliphatic carbocycles. The zero-order valence-electron chi connectivity index (χ0n) is 6.95. The maximum atomic E-state index is 10.9. The molecule has 8 nitrogen and oxygen atoms in total. The minimum absolute atomic E-state index is 0.548. The van der Waals surface area contributed by atoms with Crippen LogP contribution in [-0.4, -0.2) is 17.9 Å². The number of benzene rings is 1. The fourth-order valence-corrected chi connectivity index (χ4v) is 1.14. The summed E-state index contributed by atoms with van der Waals surface area (Å²) in [4.78, 5) is 9.39. The Labute approximate surface area is 83.8 Å². The number of nitrogens with zero attached hydrogens (tertiary/aromatic N) is 1. The van der Waals surface area contributed by atoms with Crippen LogP contribution >= 0.6 is 0 Å². The van der Waals surface area contributed by atoms with Crippen molar-refractivity contribution in [1.82, 2.24) is 0 Å². The first-order valence-electron chi connectivity index (χ1n) is 3.40. The lowest BCUT2D eigenvalue weighted by Crippen LogP contribution is -2.09. The predicted molar refractivity (Wildman–Crippen MR) is 42.9 cm³/mol. The van der Waals surface area contributed by atoms with Crippen LogP contribution in [0.3, 0.4) is 0 Å². The zero-order chi connectivity index (χ0) is 11.6. The first-order chi connectivity index (χ1) is 6.79. The maximum Gasteiger partial charge on any atom is 0.273 e. The lowest BCUT2D eigenvalue weighted by molar-refractivity contribution is -0.385. The van der Waals surface area contributed by atoms with E-state index in [9.17, 15) is 28.2 Å². The van der Waals surface area contributed by atoms with Gasteiger partial charge < -0.3 is 13.8 Å². The van der Waals surface area contributed by atoms with Crippen molar-refractivity contribution in [2.75, 3.05) is 0 Å². The standard InChI is InChI=1S/C6H5NO7S/c8-5-2-1-4(7(9)10)3-6(5)14-15(11,12)13/h1-3,8H,(H,11,12,13)/p-2. The van der Waals surface area contributed by atoms with Crippen LogP contribution in [0, 0.1) is 10.1 Å². The molecule has 82 valence electrons. The molecule has 15 heavy (non-hydrogen) atoms. The van der Waals surface area contributed by atoms with Crippen molar-refractivity contribution in [3.05, 3.63) is 28.3 Å².